The summed E-state index contributed by atoms with van der Waals surface area (Å²) in [5.74, 6) is 0.550. The van der Waals surface area contributed by atoms with Crippen LogP contribution in [0.25, 0.3) is 22.5 Å². The summed E-state index contributed by atoms with van der Waals surface area (Å²) in [6, 6.07) is 16.0. The molecule has 3 rings (SSSR count). The molecule has 0 aliphatic heterocycles. The summed E-state index contributed by atoms with van der Waals surface area (Å²) in [6.45, 7) is 0. The van der Waals surface area contributed by atoms with Crippen molar-refractivity contribution in [2.75, 3.05) is 7.11 Å². The number of rotatable bonds is 4. The van der Waals surface area contributed by atoms with Crippen molar-refractivity contribution >= 4 is 5.69 Å². The fraction of sp³-hybridized carbons (Fsp3) is 0.0625. The highest BCUT2D eigenvalue weighted by Crippen LogP contribution is 2.33. The van der Waals surface area contributed by atoms with Crippen LogP contribution in [0.3, 0.4) is 0 Å². The summed E-state index contributed by atoms with van der Waals surface area (Å²) in [4.78, 5) is 10.5. The van der Waals surface area contributed by atoms with Crippen molar-refractivity contribution in [3.8, 4) is 28.3 Å². The lowest BCUT2D eigenvalue weighted by atomic mass is 10.1. The van der Waals surface area contributed by atoms with Crippen LogP contribution in [0.1, 0.15) is 0 Å². The highest BCUT2D eigenvalue weighted by Gasteiger charge is 2.15. The van der Waals surface area contributed by atoms with E-state index in [1.807, 2.05) is 36.4 Å². The number of nitro groups is 1. The number of aromatic nitrogens is 2. The number of hydrogen-bond acceptors (Lipinski definition) is 4. The number of nitrogens with zero attached hydrogens (tertiary/aromatic N) is 2. The Morgan fingerprint density at radius 2 is 1.91 bits per heavy atom. The third kappa shape index (κ3) is 2.54. The molecule has 3 aromatic rings. The van der Waals surface area contributed by atoms with Crippen LogP contribution in [-0.4, -0.2) is 22.2 Å². The van der Waals surface area contributed by atoms with Gasteiger partial charge in [0.1, 0.15) is 5.75 Å². The average molecular weight is 295 g/mol. The van der Waals surface area contributed by atoms with Crippen molar-refractivity contribution in [2.45, 2.75) is 0 Å². The van der Waals surface area contributed by atoms with Crippen molar-refractivity contribution in [3.05, 3.63) is 64.7 Å². The van der Waals surface area contributed by atoms with Gasteiger partial charge in [0.15, 0.2) is 0 Å². The van der Waals surface area contributed by atoms with Gasteiger partial charge in [-0.2, -0.15) is 5.10 Å². The van der Waals surface area contributed by atoms with Crippen molar-refractivity contribution in [3.63, 3.8) is 0 Å². The highest BCUT2D eigenvalue weighted by molar-refractivity contribution is 5.74. The van der Waals surface area contributed by atoms with E-state index in [0.29, 0.717) is 17.0 Å². The van der Waals surface area contributed by atoms with E-state index in [1.165, 1.54) is 19.2 Å². The number of aromatic amines is 1. The molecule has 0 amide bonds. The first-order valence-corrected chi connectivity index (χ1v) is 6.62. The molecule has 6 heteroatoms. The molecule has 0 fully saturated rings. The predicted molar refractivity (Wildman–Crippen MR) is 82.7 cm³/mol. The van der Waals surface area contributed by atoms with E-state index >= 15 is 0 Å². The van der Waals surface area contributed by atoms with Crippen LogP contribution in [0, 0.1) is 10.1 Å². The average Bonchev–Trinajstić information content (AvgIpc) is 3.05. The van der Waals surface area contributed by atoms with E-state index in [4.69, 9.17) is 4.74 Å². The molecule has 0 saturated heterocycles. The molecular weight excluding hydrogens is 282 g/mol. The number of methoxy groups -OCH3 is 1. The maximum absolute atomic E-state index is 10.9. The van der Waals surface area contributed by atoms with E-state index in [0.717, 1.165) is 11.3 Å². The SMILES string of the molecule is COc1ccc([N+](=O)[O-])cc1-c1cc(-c2ccccc2)n[nH]1. The molecule has 0 aliphatic carbocycles. The zero-order valence-electron chi connectivity index (χ0n) is 11.8. The Labute approximate surface area is 126 Å². The smallest absolute Gasteiger partial charge is 0.270 e. The third-order valence-electron chi connectivity index (χ3n) is 3.33. The van der Waals surface area contributed by atoms with Gasteiger partial charge in [0, 0.05) is 23.3 Å². The monoisotopic (exact) mass is 295 g/mol. The summed E-state index contributed by atoms with van der Waals surface area (Å²) in [7, 11) is 1.53. The molecule has 1 aromatic heterocycles. The zero-order chi connectivity index (χ0) is 15.5. The van der Waals surface area contributed by atoms with E-state index < -0.39 is 4.92 Å². The fourth-order valence-corrected chi connectivity index (χ4v) is 2.24. The van der Waals surface area contributed by atoms with Crippen LogP contribution in [-0.2, 0) is 0 Å². The second-order valence-electron chi connectivity index (χ2n) is 4.67. The lowest BCUT2D eigenvalue weighted by molar-refractivity contribution is -0.384. The lowest BCUT2D eigenvalue weighted by Gasteiger charge is -2.05. The molecule has 0 unspecified atom stereocenters. The van der Waals surface area contributed by atoms with Gasteiger partial charge in [-0.3, -0.25) is 15.2 Å². The van der Waals surface area contributed by atoms with Gasteiger partial charge in [-0.05, 0) is 12.1 Å². The Morgan fingerprint density at radius 3 is 2.59 bits per heavy atom. The summed E-state index contributed by atoms with van der Waals surface area (Å²) in [5, 5.41) is 18.1. The van der Waals surface area contributed by atoms with Crippen LogP contribution in [0.2, 0.25) is 0 Å². The number of benzene rings is 2. The largest absolute Gasteiger partial charge is 0.496 e. The minimum absolute atomic E-state index is 0.00617. The Balaban J connectivity index is 2.06. The molecule has 1 N–H and O–H groups in total. The van der Waals surface area contributed by atoms with Crippen molar-refractivity contribution in [2.24, 2.45) is 0 Å². The summed E-state index contributed by atoms with van der Waals surface area (Å²) >= 11 is 0. The third-order valence-corrected chi connectivity index (χ3v) is 3.33. The van der Waals surface area contributed by atoms with Gasteiger partial charge in [0.25, 0.3) is 5.69 Å². The maximum atomic E-state index is 10.9. The van der Waals surface area contributed by atoms with Crippen LogP contribution in [0.5, 0.6) is 5.75 Å². The van der Waals surface area contributed by atoms with Crippen LogP contribution >= 0.6 is 0 Å². The minimum Gasteiger partial charge on any atom is -0.496 e. The normalized spacial score (nSPS) is 10.4. The number of non-ortho nitro benzene ring substituents is 1. The quantitative estimate of drug-likeness (QED) is 0.588. The first kappa shape index (κ1) is 13.8. The van der Waals surface area contributed by atoms with E-state index in [2.05, 4.69) is 10.2 Å². The van der Waals surface area contributed by atoms with Gasteiger partial charge in [-0.1, -0.05) is 30.3 Å². The number of nitrogens with one attached hydrogen (secondary N) is 1. The minimum atomic E-state index is -0.433. The van der Waals surface area contributed by atoms with Crippen molar-refractivity contribution in [1.29, 1.82) is 0 Å². The van der Waals surface area contributed by atoms with Crippen LogP contribution < -0.4 is 4.74 Å². The van der Waals surface area contributed by atoms with Crippen molar-refractivity contribution in [1.82, 2.24) is 10.2 Å². The molecular formula is C16H13N3O3. The van der Waals surface area contributed by atoms with Crippen LogP contribution in [0.4, 0.5) is 5.69 Å². The van der Waals surface area contributed by atoms with Gasteiger partial charge in [-0.15, -0.1) is 0 Å². The lowest BCUT2D eigenvalue weighted by Crippen LogP contribution is -1.92. The molecule has 0 saturated carbocycles. The van der Waals surface area contributed by atoms with Gasteiger partial charge in [0.2, 0.25) is 0 Å². The van der Waals surface area contributed by atoms with Gasteiger partial charge in [0.05, 0.1) is 23.4 Å². The fourth-order valence-electron chi connectivity index (χ4n) is 2.24. The Kier molecular flexibility index (Phi) is 3.57. The second-order valence-corrected chi connectivity index (χ2v) is 4.67. The Morgan fingerprint density at radius 1 is 1.14 bits per heavy atom. The number of H-pyrrole nitrogens is 1. The molecule has 0 bridgehead atoms. The molecule has 2 aromatic carbocycles. The second kappa shape index (κ2) is 5.69. The topological polar surface area (TPSA) is 81.1 Å². The summed E-state index contributed by atoms with van der Waals surface area (Å²) in [5.41, 5.74) is 3.01. The first-order chi connectivity index (χ1) is 10.7. The van der Waals surface area contributed by atoms with Gasteiger partial charge in [-0.25, -0.2) is 0 Å². The van der Waals surface area contributed by atoms with E-state index in [-0.39, 0.29) is 5.69 Å². The first-order valence-electron chi connectivity index (χ1n) is 6.62. The molecule has 22 heavy (non-hydrogen) atoms. The molecule has 0 radical (unpaired) electrons. The van der Waals surface area contributed by atoms with Gasteiger partial charge >= 0.3 is 0 Å². The molecule has 0 atom stereocenters. The van der Waals surface area contributed by atoms with E-state index in [9.17, 15) is 10.1 Å². The predicted octanol–water partition coefficient (Wildman–Crippen LogP) is 3.66. The Bertz CT molecular complexity index is 813. The van der Waals surface area contributed by atoms with E-state index in [1.54, 1.807) is 6.07 Å². The molecule has 0 aliphatic rings. The summed E-state index contributed by atoms with van der Waals surface area (Å²) < 4.78 is 5.28. The molecule has 1 heterocycles. The zero-order valence-corrected chi connectivity index (χ0v) is 11.8. The van der Waals surface area contributed by atoms with Gasteiger partial charge < -0.3 is 4.74 Å². The summed E-state index contributed by atoms with van der Waals surface area (Å²) in [6.07, 6.45) is 0. The number of nitro benzene ring substituents is 1. The standard InChI is InChI=1S/C16H13N3O3/c1-22-16-8-7-12(19(20)21)9-13(16)15-10-14(17-18-15)11-5-3-2-4-6-11/h2-10H,1H3,(H,17,18). The van der Waals surface area contributed by atoms with Crippen molar-refractivity contribution < 1.29 is 9.66 Å². The number of ether oxygens (including phenoxy) is 1. The molecule has 6 nitrogen and oxygen atoms in total. The maximum Gasteiger partial charge on any atom is 0.270 e. The number of hydrogen-bond donors (Lipinski definition) is 1. The Hall–Kier alpha value is -3.15. The highest BCUT2D eigenvalue weighted by atomic mass is 16.6. The molecule has 0 spiro atoms. The molecule has 110 valence electrons. The van der Waals surface area contributed by atoms with Crippen LogP contribution in [0.15, 0.2) is 54.6 Å².